The molecule has 2 aliphatic rings. The van der Waals surface area contributed by atoms with Crippen LogP contribution >= 0.6 is 0 Å². The van der Waals surface area contributed by atoms with E-state index in [-0.39, 0.29) is 0 Å². The molecule has 2 aliphatic heterocycles. The van der Waals surface area contributed by atoms with Crippen molar-refractivity contribution in [2.45, 2.75) is 39.5 Å². The lowest BCUT2D eigenvalue weighted by atomic mass is 9.92. The van der Waals surface area contributed by atoms with Gasteiger partial charge in [-0.1, -0.05) is 19.9 Å². The molecule has 1 aromatic rings. The minimum atomic E-state index is 0.924. The number of piperidine rings is 1. The van der Waals surface area contributed by atoms with Crippen molar-refractivity contribution in [3.63, 3.8) is 0 Å². The minimum absolute atomic E-state index is 0.924. The van der Waals surface area contributed by atoms with Crippen LogP contribution in [0.5, 0.6) is 0 Å². The van der Waals surface area contributed by atoms with Gasteiger partial charge in [-0.3, -0.25) is 0 Å². The second-order valence-corrected chi connectivity index (χ2v) is 6.91. The summed E-state index contributed by atoms with van der Waals surface area (Å²) >= 11 is 0. The van der Waals surface area contributed by atoms with E-state index < -0.39 is 0 Å². The molecule has 4 heteroatoms. The number of anilines is 1. The van der Waals surface area contributed by atoms with Gasteiger partial charge in [0.15, 0.2) is 0 Å². The van der Waals surface area contributed by atoms with E-state index in [0.717, 1.165) is 11.7 Å². The first-order valence-corrected chi connectivity index (χ1v) is 9.88. The van der Waals surface area contributed by atoms with E-state index in [1.165, 1.54) is 71.5 Å². The summed E-state index contributed by atoms with van der Waals surface area (Å²) in [6.45, 7) is 12.6. The number of nitrogens with zero attached hydrogens (tertiary/aromatic N) is 4. The number of likely N-dealkylation sites (N-methyl/N-ethyl adjacent to an activating group) is 1. The molecule has 3 rings (SSSR count). The Balaban J connectivity index is 0.00000100. The molecule has 0 aliphatic carbocycles. The number of pyridine rings is 1. The van der Waals surface area contributed by atoms with Crippen molar-refractivity contribution in [3.05, 3.63) is 24.4 Å². The Kier molecular flexibility index (Phi) is 8.54. The van der Waals surface area contributed by atoms with Crippen LogP contribution in [0.3, 0.4) is 0 Å². The van der Waals surface area contributed by atoms with E-state index in [0.29, 0.717) is 0 Å². The van der Waals surface area contributed by atoms with Crippen molar-refractivity contribution in [1.82, 2.24) is 14.8 Å². The van der Waals surface area contributed by atoms with Gasteiger partial charge in [-0.25, -0.2) is 4.98 Å². The molecular weight excluding hydrogens is 296 g/mol. The maximum Gasteiger partial charge on any atom is 0.128 e. The number of hydrogen-bond donors (Lipinski definition) is 0. The van der Waals surface area contributed by atoms with Gasteiger partial charge >= 0.3 is 0 Å². The first-order valence-electron chi connectivity index (χ1n) is 9.88. The van der Waals surface area contributed by atoms with Gasteiger partial charge in [0.1, 0.15) is 5.82 Å². The first-order chi connectivity index (χ1) is 11.8. The quantitative estimate of drug-likeness (QED) is 0.824. The van der Waals surface area contributed by atoms with Gasteiger partial charge in [-0.15, -0.1) is 0 Å². The average molecular weight is 333 g/mol. The molecule has 0 N–H and O–H groups in total. The third-order valence-corrected chi connectivity index (χ3v) is 5.27. The van der Waals surface area contributed by atoms with Crippen LogP contribution in [0.25, 0.3) is 0 Å². The number of hydrogen-bond acceptors (Lipinski definition) is 4. The summed E-state index contributed by atoms with van der Waals surface area (Å²) in [5.74, 6) is 2.07. The predicted octanol–water partition coefficient (Wildman–Crippen LogP) is 3.35. The molecule has 0 bridgehead atoms. The molecule has 136 valence electrons. The second-order valence-electron chi connectivity index (χ2n) is 6.91. The third-order valence-electron chi connectivity index (χ3n) is 5.27. The fraction of sp³-hybridized carbons (Fsp3) is 0.750. The van der Waals surface area contributed by atoms with E-state index in [2.05, 4.69) is 38.9 Å². The maximum atomic E-state index is 4.47. The highest BCUT2D eigenvalue weighted by Crippen LogP contribution is 2.24. The fourth-order valence-corrected chi connectivity index (χ4v) is 3.67. The molecule has 0 spiro atoms. The Hall–Kier alpha value is -1.13. The predicted molar refractivity (Wildman–Crippen MR) is 104 cm³/mol. The lowest BCUT2D eigenvalue weighted by molar-refractivity contribution is 0.149. The number of piperazine rings is 1. The van der Waals surface area contributed by atoms with Crippen molar-refractivity contribution >= 4 is 5.82 Å². The van der Waals surface area contributed by atoms with Gasteiger partial charge in [0.2, 0.25) is 0 Å². The van der Waals surface area contributed by atoms with Crippen molar-refractivity contribution in [3.8, 4) is 0 Å². The van der Waals surface area contributed by atoms with Gasteiger partial charge in [0.25, 0.3) is 0 Å². The minimum Gasteiger partial charge on any atom is -0.357 e. The maximum absolute atomic E-state index is 4.47. The molecule has 2 fully saturated rings. The first kappa shape index (κ1) is 19.2. The molecule has 2 saturated heterocycles. The van der Waals surface area contributed by atoms with Crippen LogP contribution < -0.4 is 4.90 Å². The van der Waals surface area contributed by atoms with Gasteiger partial charge < -0.3 is 14.7 Å². The standard InChI is InChI=1S/C18H30N4.C2H6/c1-20-13-15-21(16-14-20)10-4-5-17-7-11-22(12-8-17)18-6-2-3-9-19-18;1-2/h2-3,6,9,17H,4-5,7-8,10-16H2,1H3;1-2H3. The van der Waals surface area contributed by atoms with Gasteiger partial charge in [0, 0.05) is 45.5 Å². The Bertz CT molecular complexity index is 421. The van der Waals surface area contributed by atoms with Crippen LogP contribution in [-0.4, -0.2) is 67.6 Å². The van der Waals surface area contributed by atoms with Crippen LogP contribution in [0.2, 0.25) is 0 Å². The fourth-order valence-electron chi connectivity index (χ4n) is 3.67. The zero-order valence-electron chi connectivity index (χ0n) is 16.0. The molecule has 0 aromatic carbocycles. The highest BCUT2D eigenvalue weighted by molar-refractivity contribution is 5.37. The second kappa shape index (κ2) is 10.7. The van der Waals surface area contributed by atoms with Crippen LogP contribution in [0.15, 0.2) is 24.4 Å². The largest absolute Gasteiger partial charge is 0.357 e. The van der Waals surface area contributed by atoms with Crippen LogP contribution in [-0.2, 0) is 0 Å². The van der Waals surface area contributed by atoms with Crippen LogP contribution in [0.1, 0.15) is 39.5 Å². The molecule has 0 radical (unpaired) electrons. The van der Waals surface area contributed by atoms with Crippen molar-refractivity contribution in [1.29, 1.82) is 0 Å². The Morgan fingerprint density at radius 1 is 1.00 bits per heavy atom. The highest BCUT2D eigenvalue weighted by Gasteiger charge is 2.20. The summed E-state index contributed by atoms with van der Waals surface area (Å²) in [6.07, 6.45) is 7.34. The SMILES string of the molecule is CC.CN1CCN(CCCC2CCN(c3ccccn3)CC2)CC1. The molecule has 4 nitrogen and oxygen atoms in total. The lowest BCUT2D eigenvalue weighted by Gasteiger charge is -2.34. The Labute approximate surface area is 148 Å². The summed E-state index contributed by atoms with van der Waals surface area (Å²) < 4.78 is 0. The van der Waals surface area contributed by atoms with E-state index in [4.69, 9.17) is 0 Å². The Morgan fingerprint density at radius 2 is 1.71 bits per heavy atom. The van der Waals surface area contributed by atoms with Crippen molar-refractivity contribution in [2.24, 2.45) is 5.92 Å². The summed E-state index contributed by atoms with van der Waals surface area (Å²) in [7, 11) is 2.23. The zero-order chi connectivity index (χ0) is 17.2. The highest BCUT2D eigenvalue weighted by atomic mass is 15.2. The van der Waals surface area contributed by atoms with Crippen LogP contribution in [0.4, 0.5) is 5.82 Å². The summed E-state index contributed by atoms with van der Waals surface area (Å²) in [5.41, 5.74) is 0. The van der Waals surface area contributed by atoms with Crippen LogP contribution in [0, 0.1) is 5.92 Å². The van der Waals surface area contributed by atoms with E-state index >= 15 is 0 Å². The summed E-state index contributed by atoms with van der Waals surface area (Å²) in [5, 5.41) is 0. The summed E-state index contributed by atoms with van der Waals surface area (Å²) in [6, 6.07) is 6.22. The normalized spacial score (nSPS) is 20.5. The molecule has 0 atom stereocenters. The van der Waals surface area contributed by atoms with E-state index in [9.17, 15) is 0 Å². The monoisotopic (exact) mass is 332 g/mol. The number of rotatable bonds is 5. The third kappa shape index (κ3) is 6.06. The van der Waals surface area contributed by atoms with Gasteiger partial charge in [0.05, 0.1) is 0 Å². The molecule has 0 amide bonds. The zero-order valence-corrected chi connectivity index (χ0v) is 16.0. The Morgan fingerprint density at radius 3 is 2.33 bits per heavy atom. The van der Waals surface area contributed by atoms with Crippen molar-refractivity contribution < 1.29 is 0 Å². The molecular formula is C20H36N4. The van der Waals surface area contributed by atoms with Gasteiger partial charge in [-0.05, 0) is 57.3 Å². The molecule has 0 saturated carbocycles. The van der Waals surface area contributed by atoms with Crippen molar-refractivity contribution in [2.75, 3.05) is 57.8 Å². The molecule has 1 aromatic heterocycles. The number of aromatic nitrogens is 1. The molecule has 0 unspecified atom stereocenters. The van der Waals surface area contributed by atoms with E-state index in [1.54, 1.807) is 0 Å². The molecule has 24 heavy (non-hydrogen) atoms. The molecule has 3 heterocycles. The lowest BCUT2D eigenvalue weighted by Crippen LogP contribution is -2.44. The van der Waals surface area contributed by atoms with E-state index in [1.807, 2.05) is 26.1 Å². The average Bonchev–Trinajstić information content (AvgIpc) is 2.66. The topological polar surface area (TPSA) is 22.6 Å². The summed E-state index contributed by atoms with van der Waals surface area (Å²) in [4.78, 5) is 12.0. The smallest absolute Gasteiger partial charge is 0.128 e. The van der Waals surface area contributed by atoms with Gasteiger partial charge in [-0.2, -0.15) is 0 Å².